The fourth-order valence-corrected chi connectivity index (χ4v) is 10.8. The minimum Gasteiger partial charge on any atom is -0.310 e. The second kappa shape index (κ2) is 12.6. The molecule has 1 nitrogen and oxygen atoms in total. The zero-order chi connectivity index (χ0) is 39.3. The van der Waals surface area contributed by atoms with Gasteiger partial charge in [-0.3, -0.25) is 0 Å². The highest BCUT2D eigenvalue weighted by atomic mass is 15.1. The fraction of sp³-hybridized carbons (Fsp3) is 0.0690. The summed E-state index contributed by atoms with van der Waals surface area (Å²) in [4.78, 5) is 2.49. The van der Waals surface area contributed by atoms with Crippen LogP contribution in [0.3, 0.4) is 0 Å². The van der Waals surface area contributed by atoms with Gasteiger partial charge in [0.1, 0.15) is 0 Å². The average molecular weight is 752 g/mol. The number of hydrogen-bond donors (Lipinski definition) is 0. The molecule has 3 aliphatic rings. The molecule has 278 valence electrons. The highest BCUT2D eigenvalue weighted by molar-refractivity contribution is 5.97. The number of anilines is 3. The Morgan fingerprint density at radius 3 is 1.34 bits per heavy atom. The summed E-state index contributed by atoms with van der Waals surface area (Å²) >= 11 is 0. The molecule has 0 amide bonds. The number of nitrogens with zero attached hydrogens (tertiary/aromatic N) is 1. The third kappa shape index (κ3) is 4.79. The van der Waals surface area contributed by atoms with Crippen LogP contribution < -0.4 is 4.90 Å². The van der Waals surface area contributed by atoms with Gasteiger partial charge in [-0.2, -0.15) is 0 Å². The highest BCUT2D eigenvalue weighted by Crippen LogP contribution is 2.63. The second-order valence-electron chi connectivity index (χ2n) is 16.8. The van der Waals surface area contributed by atoms with E-state index in [1.165, 1.54) is 89.0 Å². The van der Waals surface area contributed by atoms with Gasteiger partial charge in [0.15, 0.2) is 0 Å². The SMILES string of the molecule is CC1(C)c2ccccc2-c2cc(N(c3cccc(-c4cccc(-c5ccccc5)c4)c3)c3ccc4c(c3)C3(c5ccccc5-c5ccccc53)c3ccccc3-4)ccc21. The summed E-state index contributed by atoms with van der Waals surface area (Å²) in [6.07, 6.45) is 0. The number of benzene rings is 9. The van der Waals surface area contributed by atoms with Crippen LogP contribution in [0, 0.1) is 0 Å². The summed E-state index contributed by atoms with van der Waals surface area (Å²) in [5, 5.41) is 0. The quantitative estimate of drug-likeness (QED) is 0.169. The summed E-state index contributed by atoms with van der Waals surface area (Å²) in [5.41, 5.74) is 23.7. The number of hydrogen-bond acceptors (Lipinski definition) is 1. The van der Waals surface area contributed by atoms with E-state index in [1.54, 1.807) is 0 Å². The molecule has 0 heterocycles. The van der Waals surface area contributed by atoms with Crippen LogP contribution in [0.25, 0.3) is 55.6 Å². The molecule has 0 bridgehead atoms. The van der Waals surface area contributed by atoms with Crippen LogP contribution in [-0.2, 0) is 10.8 Å². The van der Waals surface area contributed by atoms with E-state index in [2.05, 4.69) is 231 Å². The maximum Gasteiger partial charge on any atom is 0.0726 e. The lowest BCUT2D eigenvalue weighted by molar-refractivity contribution is 0.660. The van der Waals surface area contributed by atoms with Crippen molar-refractivity contribution in [2.45, 2.75) is 24.7 Å². The molecule has 0 radical (unpaired) electrons. The van der Waals surface area contributed by atoms with Gasteiger partial charge in [-0.15, -0.1) is 0 Å². The molecule has 0 fully saturated rings. The van der Waals surface area contributed by atoms with Crippen molar-refractivity contribution in [1.82, 2.24) is 0 Å². The van der Waals surface area contributed by atoms with Crippen molar-refractivity contribution >= 4 is 17.1 Å². The van der Waals surface area contributed by atoms with Gasteiger partial charge in [0, 0.05) is 22.5 Å². The molecule has 0 saturated heterocycles. The third-order valence-electron chi connectivity index (χ3n) is 13.5. The Morgan fingerprint density at radius 1 is 0.271 bits per heavy atom. The lowest BCUT2D eigenvalue weighted by Crippen LogP contribution is -2.26. The zero-order valence-electron chi connectivity index (χ0n) is 33.2. The van der Waals surface area contributed by atoms with E-state index < -0.39 is 5.41 Å². The predicted octanol–water partition coefficient (Wildman–Crippen LogP) is 15.1. The third-order valence-corrected chi connectivity index (χ3v) is 13.5. The summed E-state index contributed by atoms with van der Waals surface area (Å²) in [5.74, 6) is 0. The van der Waals surface area contributed by atoms with Crippen LogP contribution in [0.5, 0.6) is 0 Å². The molecule has 0 aliphatic heterocycles. The molecular formula is C58H41N. The summed E-state index contributed by atoms with van der Waals surface area (Å²) in [7, 11) is 0. The van der Waals surface area contributed by atoms with Gasteiger partial charge in [0.05, 0.1) is 5.41 Å². The molecule has 0 aromatic heterocycles. The summed E-state index contributed by atoms with van der Waals surface area (Å²) in [6, 6.07) is 79.2. The lowest BCUT2D eigenvalue weighted by atomic mass is 9.70. The predicted molar refractivity (Wildman–Crippen MR) is 246 cm³/mol. The maximum atomic E-state index is 2.50. The zero-order valence-corrected chi connectivity index (χ0v) is 33.2. The topological polar surface area (TPSA) is 3.24 Å². The molecule has 1 spiro atoms. The standard InChI is InChI=1S/C58H41N/c1-57(2)51-26-10-6-25-48(51)50-36-43(31-33-52(50)57)59(42-21-15-20-41(35-42)40-19-14-18-39(34-40)38-16-4-3-5-17-38)44-30-32-49-47-24-9-13-29-55(47)58(56(49)37-44)53-27-11-7-22-45(53)46-23-8-12-28-54(46)58/h3-37H,1-2H3. The molecule has 0 saturated carbocycles. The monoisotopic (exact) mass is 751 g/mol. The first-order valence-corrected chi connectivity index (χ1v) is 20.8. The number of fused-ring (bicyclic) bond motifs is 13. The molecular weight excluding hydrogens is 711 g/mol. The van der Waals surface area contributed by atoms with Crippen molar-refractivity contribution in [3.05, 3.63) is 246 Å². The first-order chi connectivity index (χ1) is 29.0. The van der Waals surface area contributed by atoms with Gasteiger partial charge in [-0.1, -0.05) is 184 Å². The van der Waals surface area contributed by atoms with E-state index in [9.17, 15) is 0 Å². The van der Waals surface area contributed by atoms with Crippen LogP contribution in [0.1, 0.15) is 47.2 Å². The normalized spacial score (nSPS) is 14.2. The maximum absolute atomic E-state index is 2.50. The molecule has 9 aromatic rings. The minimum atomic E-state index is -0.429. The van der Waals surface area contributed by atoms with Gasteiger partial charge >= 0.3 is 0 Å². The van der Waals surface area contributed by atoms with Crippen molar-refractivity contribution < 1.29 is 0 Å². The Balaban J connectivity index is 1.09. The van der Waals surface area contributed by atoms with Crippen molar-refractivity contribution in [3.8, 4) is 55.6 Å². The van der Waals surface area contributed by atoms with Crippen LogP contribution in [0.15, 0.2) is 212 Å². The Morgan fingerprint density at radius 2 is 0.695 bits per heavy atom. The van der Waals surface area contributed by atoms with E-state index in [0.717, 1.165) is 17.1 Å². The van der Waals surface area contributed by atoms with Crippen molar-refractivity contribution in [1.29, 1.82) is 0 Å². The Bertz CT molecular complexity index is 3090. The Kier molecular flexibility index (Phi) is 7.26. The van der Waals surface area contributed by atoms with Gasteiger partial charge in [-0.05, 0) is 131 Å². The molecule has 0 N–H and O–H groups in total. The van der Waals surface area contributed by atoms with E-state index in [4.69, 9.17) is 0 Å². The van der Waals surface area contributed by atoms with Crippen molar-refractivity contribution in [3.63, 3.8) is 0 Å². The first kappa shape index (κ1) is 33.9. The van der Waals surface area contributed by atoms with Gasteiger partial charge in [-0.25, -0.2) is 0 Å². The largest absolute Gasteiger partial charge is 0.310 e. The fourth-order valence-electron chi connectivity index (χ4n) is 10.8. The summed E-state index contributed by atoms with van der Waals surface area (Å²) in [6.45, 7) is 4.72. The summed E-state index contributed by atoms with van der Waals surface area (Å²) < 4.78 is 0. The first-order valence-electron chi connectivity index (χ1n) is 20.8. The Hall–Kier alpha value is -7.22. The van der Waals surface area contributed by atoms with Crippen LogP contribution >= 0.6 is 0 Å². The molecule has 12 rings (SSSR count). The molecule has 0 atom stereocenters. The molecule has 59 heavy (non-hydrogen) atoms. The van der Waals surface area contributed by atoms with E-state index in [0.29, 0.717) is 0 Å². The number of rotatable bonds is 5. The van der Waals surface area contributed by atoms with E-state index >= 15 is 0 Å². The second-order valence-corrected chi connectivity index (χ2v) is 16.8. The van der Waals surface area contributed by atoms with Crippen LogP contribution in [0.4, 0.5) is 17.1 Å². The van der Waals surface area contributed by atoms with Gasteiger partial charge < -0.3 is 4.90 Å². The molecule has 9 aromatic carbocycles. The van der Waals surface area contributed by atoms with E-state index in [-0.39, 0.29) is 5.41 Å². The van der Waals surface area contributed by atoms with Crippen molar-refractivity contribution in [2.75, 3.05) is 4.90 Å². The average Bonchev–Trinajstić information content (AvgIpc) is 3.85. The van der Waals surface area contributed by atoms with Crippen LogP contribution in [-0.4, -0.2) is 0 Å². The lowest BCUT2D eigenvalue weighted by Gasteiger charge is -2.32. The van der Waals surface area contributed by atoms with Crippen molar-refractivity contribution in [2.24, 2.45) is 0 Å². The highest BCUT2D eigenvalue weighted by Gasteiger charge is 2.51. The smallest absolute Gasteiger partial charge is 0.0726 e. The minimum absolute atomic E-state index is 0.0754. The molecule has 1 heteroatoms. The Labute approximate surface area is 346 Å². The van der Waals surface area contributed by atoms with Gasteiger partial charge in [0.2, 0.25) is 0 Å². The molecule has 3 aliphatic carbocycles. The van der Waals surface area contributed by atoms with Crippen LogP contribution in [0.2, 0.25) is 0 Å². The van der Waals surface area contributed by atoms with Gasteiger partial charge in [0.25, 0.3) is 0 Å². The molecule has 0 unspecified atom stereocenters. The van der Waals surface area contributed by atoms with E-state index in [1.807, 2.05) is 0 Å².